The van der Waals surface area contributed by atoms with Gasteiger partial charge >= 0.3 is 51.8 Å². The van der Waals surface area contributed by atoms with Gasteiger partial charge in [-0.3, -0.25) is 0 Å². The van der Waals surface area contributed by atoms with Crippen molar-refractivity contribution in [1.29, 1.82) is 0 Å². The monoisotopic (exact) mass is 159 g/mol. The van der Waals surface area contributed by atoms with E-state index in [1.165, 1.54) is 6.42 Å². The number of hydrogen-bond acceptors (Lipinski definition) is 0. The molecular formula is C6H13Ge. The van der Waals surface area contributed by atoms with Crippen LogP contribution in [0.4, 0.5) is 0 Å². The Morgan fingerprint density at radius 1 is 1.86 bits per heavy atom. The molecule has 1 heteroatoms. The molecule has 0 aromatic heterocycles. The first-order valence-electron chi connectivity index (χ1n) is 2.77. The average Bonchev–Trinajstić information content (AvgIpc) is 1.68. The second-order valence-corrected chi connectivity index (χ2v) is 6.00. The zero-order valence-corrected chi connectivity index (χ0v) is 7.57. The molecule has 0 saturated heterocycles. The van der Waals surface area contributed by atoms with Gasteiger partial charge in [0.05, 0.1) is 0 Å². The Hall–Kier alpha value is 0.413. The Morgan fingerprint density at radius 3 is 2.57 bits per heavy atom. The van der Waals surface area contributed by atoms with Crippen LogP contribution in [-0.2, 0) is 0 Å². The molecule has 0 amide bonds. The van der Waals surface area contributed by atoms with Crippen molar-refractivity contribution in [2.24, 2.45) is 0 Å². The topological polar surface area (TPSA) is 0 Å². The molecule has 0 N–H and O–H groups in total. The fraction of sp³-hybridized carbons (Fsp3) is 0.667. The number of rotatable bonds is 2. The van der Waals surface area contributed by atoms with E-state index in [9.17, 15) is 0 Å². The molecule has 0 rings (SSSR count). The molecule has 41 valence electrons. The average molecular weight is 158 g/mol. The minimum atomic E-state index is -0.0217. The summed E-state index contributed by atoms with van der Waals surface area (Å²) in [7, 11) is 0. The molecular weight excluding hydrogens is 145 g/mol. The second-order valence-electron chi connectivity index (χ2n) is 1.81. The first-order chi connectivity index (χ1) is 3.31. The van der Waals surface area contributed by atoms with Crippen molar-refractivity contribution in [3.8, 4) is 0 Å². The van der Waals surface area contributed by atoms with Gasteiger partial charge in [-0.05, 0) is 0 Å². The molecule has 1 atom stereocenters. The van der Waals surface area contributed by atoms with E-state index in [4.69, 9.17) is 0 Å². The molecule has 1 radical (unpaired) electrons. The van der Waals surface area contributed by atoms with Crippen molar-refractivity contribution in [2.75, 3.05) is 0 Å². The Kier molecular flexibility index (Phi) is 4.84. The van der Waals surface area contributed by atoms with Gasteiger partial charge in [-0.15, -0.1) is 0 Å². The van der Waals surface area contributed by atoms with Crippen LogP contribution in [0.5, 0.6) is 0 Å². The van der Waals surface area contributed by atoms with E-state index >= 15 is 0 Å². The van der Waals surface area contributed by atoms with Crippen molar-refractivity contribution in [1.82, 2.24) is 0 Å². The zero-order chi connectivity index (χ0) is 5.70. The van der Waals surface area contributed by atoms with E-state index in [2.05, 4.69) is 25.6 Å². The second kappa shape index (κ2) is 4.57. The molecule has 0 bridgehead atoms. The normalized spacial score (nSPS) is 15.3. The zero-order valence-electron chi connectivity index (χ0n) is 5.15. The Labute approximate surface area is 52.3 Å². The van der Waals surface area contributed by atoms with Gasteiger partial charge in [0.25, 0.3) is 0 Å². The van der Waals surface area contributed by atoms with E-state index in [0.29, 0.717) is 0 Å². The predicted molar refractivity (Wildman–Crippen MR) is 38.3 cm³/mol. The van der Waals surface area contributed by atoms with Crippen molar-refractivity contribution >= 4 is 19.8 Å². The van der Waals surface area contributed by atoms with E-state index in [1.807, 2.05) is 0 Å². The van der Waals surface area contributed by atoms with E-state index in [-0.39, 0.29) is 15.0 Å². The standard InChI is InChI=1S/C6H13Ge/c1-4-6(3)7-5-2/h5-7H,2,4H2,1,3H3. The summed E-state index contributed by atoms with van der Waals surface area (Å²) < 4.78 is 0.987. The maximum atomic E-state index is 3.72. The van der Waals surface area contributed by atoms with Crippen LogP contribution in [0.15, 0.2) is 0 Å². The summed E-state index contributed by atoms with van der Waals surface area (Å²) in [6.07, 6.45) is 1.34. The summed E-state index contributed by atoms with van der Waals surface area (Å²) >= 11 is -0.0217. The van der Waals surface area contributed by atoms with Gasteiger partial charge in [-0.25, -0.2) is 0 Å². The fourth-order valence-corrected chi connectivity index (χ4v) is 1.91. The molecule has 0 saturated carbocycles. The predicted octanol–water partition coefficient (Wildman–Crippen LogP) is 1.28. The maximum absolute atomic E-state index is 3.72. The SMILES string of the molecule is [CH2][CH]=[GeH][CH](C)CC. The van der Waals surface area contributed by atoms with Gasteiger partial charge in [0.2, 0.25) is 0 Å². The quantitative estimate of drug-likeness (QED) is 0.530. The van der Waals surface area contributed by atoms with Crippen molar-refractivity contribution in [2.45, 2.75) is 25.0 Å². The van der Waals surface area contributed by atoms with Crippen LogP contribution in [-0.4, -0.2) is 19.8 Å². The summed E-state index contributed by atoms with van der Waals surface area (Å²) in [6.45, 7) is 8.27. The molecule has 0 nitrogen and oxygen atoms in total. The summed E-state index contributed by atoms with van der Waals surface area (Å²) in [4.78, 5) is 2.14. The molecule has 0 heterocycles. The Bertz CT molecular complexity index is 57.2. The van der Waals surface area contributed by atoms with Gasteiger partial charge in [0.1, 0.15) is 0 Å². The molecule has 0 aliphatic rings. The van der Waals surface area contributed by atoms with E-state index in [1.54, 1.807) is 0 Å². The van der Waals surface area contributed by atoms with Gasteiger partial charge in [-0.2, -0.15) is 0 Å². The molecule has 0 aromatic carbocycles. The van der Waals surface area contributed by atoms with Gasteiger partial charge in [-0.1, -0.05) is 0 Å². The third kappa shape index (κ3) is 4.26. The molecule has 0 aromatic rings. The van der Waals surface area contributed by atoms with Crippen LogP contribution in [0.2, 0.25) is 4.75 Å². The first-order valence-corrected chi connectivity index (χ1v) is 5.57. The van der Waals surface area contributed by atoms with Crippen LogP contribution < -0.4 is 0 Å². The summed E-state index contributed by atoms with van der Waals surface area (Å²) in [6, 6.07) is 0. The number of hydrogen-bond donors (Lipinski definition) is 0. The Morgan fingerprint density at radius 2 is 2.43 bits per heavy atom. The van der Waals surface area contributed by atoms with Crippen molar-refractivity contribution in [3.05, 3.63) is 6.92 Å². The summed E-state index contributed by atoms with van der Waals surface area (Å²) in [5, 5.41) is 0. The molecule has 0 aliphatic carbocycles. The molecule has 1 unspecified atom stereocenters. The summed E-state index contributed by atoms with van der Waals surface area (Å²) in [5.41, 5.74) is 0. The van der Waals surface area contributed by atoms with Crippen molar-refractivity contribution < 1.29 is 0 Å². The molecule has 0 aliphatic heterocycles. The third-order valence-electron chi connectivity index (χ3n) is 1.11. The van der Waals surface area contributed by atoms with Crippen LogP contribution in [0.1, 0.15) is 20.3 Å². The van der Waals surface area contributed by atoms with Gasteiger partial charge in [0.15, 0.2) is 0 Å². The van der Waals surface area contributed by atoms with Crippen LogP contribution in [0, 0.1) is 6.92 Å². The molecule has 0 spiro atoms. The summed E-state index contributed by atoms with van der Waals surface area (Å²) in [5.74, 6) is 0. The van der Waals surface area contributed by atoms with E-state index < -0.39 is 0 Å². The molecule has 7 heavy (non-hydrogen) atoms. The minimum absolute atomic E-state index is 0.0217. The van der Waals surface area contributed by atoms with Gasteiger partial charge in [0, 0.05) is 0 Å². The first kappa shape index (κ1) is 7.41. The van der Waals surface area contributed by atoms with Crippen LogP contribution in [0.3, 0.4) is 0 Å². The van der Waals surface area contributed by atoms with Crippen molar-refractivity contribution in [3.63, 3.8) is 0 Å². The van der Waals surface area contributed by atoms with E-state index in [0.717, 1.165) is 4.75 Å². The third-order valence-corrected chi connectivity index (χ3v) is 4.05. The van der Waals surface area contributed by atoms with Gasteiger partial charge < -0.3 is 0 Å². The fourth-order valence-electron chi connectivity index (χ4n) is 0.368. The van der Waals surface area contributed by atoms with Crippen LogP contribution >= 0.6 is 0 Å². The Balaban J connectivity index is 3.16. The van der Waals surface area contributed by atoms with Crippen LogP contribution in [0.25, 0.3) is 0 Å². The molecule has 0 fully saturated rings.